The largest absolute Gasteiger partial charge is 0.365 e. The van der Waals surface area contributed by atoms with Crippen LogP contribution < -0.4 is 11.1 Å². The van der Waals surface area contributed by atoms with Crippen molar-refractivity contribution in [3.05, 3.63) is 37.4 Å². The lowest BCUT2D eigenvalue weighted by molar-refractivity contribution is 0.100. The Balaban J connectivity index is 1.66. The van der Waals surface area contributed by atoms with Crippen LogP contribution >= 0.6 is 22.7 Å². The minimum Gasteiger partial charge on any atom is -0.365 e. The molecule has 0 aliphatic heterocycles. The summed E-state index contributed by atoms with van der Waals surface area (Å²) in [5, 5.41) is 5.58. The molecular formula is C18H20N2O2S2. The molecule has 2 aliphatic rings. The maximum Gasteiger partial charge on any atom is 0.257 e. The second kappa shape index (κ2) is 6.33. The third-order valence-electron chi connectivity index (χ3n) is 4.95. The number of thiophene rings is 2. The molecule has 4 rings (SSSR count). The van der Waals surface area contributed by atoms with E-state index < -0.39 is 5.91 Å². The minimum atomic E-state index is -0.433. The maximum atomic E-state index is 12.8. The van der Waals surface area contributed by atoms with Crippen molar-refractivity contribution >= 4 is 39.5 Å². The van der Waals surface area contributed by atoms with Crippen LogP contribution in [0.15, 0.2) is 5.38 Å². The van der Waals surface area contributed by atoms with Crippen LogP contribution in [0, 0.1) is 0 Å². The Morgan fingerprint density at radius 1 is 0.958 bits per heavy atom. The molecule has 0 aromatic carbocycles. The van der Waals surface area contributed by atoms with Gasteiger partial charge in [-0.3, -0.25) is 9.59 Å². The molecule has 2 aromatic rings. The van der Waals surface area contributed by atoms with Crippen molar-refractivity contribution < 1.29 is 9.59 Å². The number of primary amides is 1. The van der Waals surface area contributed by atoms with Gasteiger partial charge >= 0.3 is 0 Å². The number of carbonyl (C=O) groups is 2. The fourth-order valence-corrected chi connectivity index (χ4v) is 6.18. The van der Waals surface area contributed by atoms with E-state index in [4.69, 9.17) is 5.73 Å². The molecule has 0 atom stereocenters. The number of amides is 2. The quantitative estimate of drug-likeness (QED) is 0.871. The van der Waals surface area contributed by atoms with Crippen LogP contribution in [0.4, 0.5) is 5.00 Å². The van der Waals surface area contributed by atoms with Crippen molar-refractivity contribution in [3.63, 3.8) is 0 Å². The van der Waals surface area contributed by atoms with E-state index in [1.165, 1.54) is 33.1 Å². The van der Waals surface area contributed by atoms with Crippen molar-refractivity contribution in [1.29, 1.82) is 0 Å². The monoisotopic (exact) mass is 360 g/mol. The van der Waals surface area contributed by atoms with Gasteiger partial charge < -0.3 is 11.1 Å². The number of hydrogen-bond donors (Lipinski definition) is 2. The molecule has 2 amide bonds. The summed E-state index contributed by atoms with van der Waals surface area (Å²) in [7, 11) is 0. The topological polar surface area (TPSA) is 72.2 Å². The molecule has 3 N–H and O–H groups in total. The van der Waals surface area contributed by atoms with Crippen LogP contribution in [0.2, 0.25) is 0 Å². The van der Waals surface area contributed by atoms with Crippen LogP contribution in [-0.2, 0) is 25.7 Å². The maximum absolute atomic E-state index is 12.8. The zero-order valence-electron chi connectivity index (χ0n) is 13.4. The molecule has 6 heteroatoms. The first kappa shape index (κ1) is 15.8. The van der Waals surface area contributed by atoms with Gasteiger partial charge in [-0.05, 0) is 62.5 Å². The van der Waals surface area contributed by atoms with Crippen LogP contribution in [0.3, 0.4) is 0 Å². The van der Waals surface area contributed by atoms with E-state index in [0.717, 1.165) is 56.1 Å². The third-order valence-corrected chi connectivity index (χ3v) is 7.25. The van der Waals surface area contributed by atoms with Crippen LogP contribution in [0.1, 0.15) is 67.3 Å². The predicted molar refractivity (Wildman–Crippen MR) is 98.4 cm³/mol. The molecule has 0 unspecified atom stereocenters. The number of nitrogens with two attached hydrogens (primary N) is 1. The van der Waals surface area contributed by atoms with Crippen molar-refractivity contribution in [2.75, 3.05) is 5.32 Å². The Hall–Kier alpha value is -1.66. The first-order chi connectivity index (χ1) is 11.6. The molecule has 0 fully saturated rings. The summed E-state index contributed by atoms with van der Waals surface area (Å²) < 4.78 is 0. The normalized spacial score (nSPS) is 16.3. The first-order valence-electron chi connectivity index (χ1n) is 8.50. The Morgan fingerprint density at radius 2 is 1.62 bits per heavy atom. The van der Waals surface area contributed by atoms with Gasteiger partial charge in [0.25, 0.3) is 11.8 Å². The number of hydrogen-bond acceptors (Lipinski definition) is 4. The van der Waals surface area contributed by atoms with E-state index in [1.807, 2.05) is 5.38 Å². The van der Waals surface area contributed by atoms with E-state index in [9.17, 15) is 9.59 Å². The van der Waals surface area contributed by atoms with Gasteiger partial charge in [0.15, 0.2) is 0 Å². The van der Waals surface area contributed by atoms with Gasteiger partial charge in [0.1, 0.15) is 5.00 Å². The summed E-state index contributed by atoms with van der Waals surface area (Å²) >= 11 is 3.20. The Kier molecular flexibility index (Phi) is 4.18. The fraction of sp³-hybridized carbons (Fsp3) is 0.444. The summed E-state index contributed by atoms with van der Waals surface area (Å²) in [5.74, 6) is -0.535. The molecule has 0 bridgehead atoms. The Labute approximate surface area is 149 Å². The number of aryl methyl sites for hydroxylation is 2. The zero-order valence-corrected chi connectivity index (χ0v) is 15.1. The lowest BCUT2D eigenvalue weighted by Crippen LogP contribution is -2.19. The average molecular weight is 361 g/mol. The van der Waals surface area contributed by atoms with Gasteiger partial charge in [-0.25, -0.2) is 0 Å². The lowest BCUT2D eigenvalue weighted by Gasteiger charge is -2.13. The van der Waals surface area contributed by atoms with Gasteiger partial charge in [-0.15, -0.1) is 22.7 Å². The summed E-state index contributed by atoms with van der Waals surface area (Å²) in [6.45, 7) is 0. The predicted octanol–water partition coefficient (Wildman–Crippen LogP) is 3.92. The minimum absolute atomic E-state index is 0.101. The molecule has 126 valence electrons. The summed E-state index contributed by atoms with van der Waals surface area (Å²) in [6.07, 6.45) is 8.48. The SMILES string of the molecule is NC(=O)c1c(NC(=O)c2csc3c2CCCC3)sc2c1CCCC2. The fourth-order valence-electron chi connectivity index (χ4n) is 3.77. The van der Waals surface area contributed by atoms with Crippen molar-refractivity contribution in [1.82, 2.24) is 0 Å². The second-order valence-electron chi connectivity index (χ2n) is 6.49. The number of nitrogens with one attached hydrogen (secondary N) is 1. The molecular weight excluding hydrogens is 340 g/mol. The van der Waals surface area contributed by atoms with Gasteiger partial charge in [0.2, 0.25) is 0 Å². The highest BCUT2D eigenvalue weighted by molar-refractivity contribution is 7.17. The molecule has 2 heterocycles. The number of fused-ring (bicyclic) bond motifs is 2. The van der Waals surface area contributed by atoms with E-state index in [2.05, 4.69) is 5.32 Å². The zero-order chi connectivity index (χ0) is 16.7. The molecule has 2 aliphatic carbocycles. The van der Waals surface area contributed by atoms with E-state index in [-0.39, 0.29) is 5.91 Å². The lowest BCUT2D eigenvalue weighted by atomic mass is 9.95. The van der Waals surface area contributed by atoms with Gasteiger partial charge in [0, 0.05) is 15.1 Å². The second-order valence-corrected chi connectivity index (χ2v) is 8.56. The van der Waals surface area contributed by atoms with E-state index >= 15 is 0 Å². The standard InChI is InChI=1S/C18H20N2O2S2/c19-16(21)15-11-6-2-4-8-14(11)24-18(15)20-17(22)12-9-23-13-7-3-1-5-10(12)13/h9H,1-8H2,(H2,19,21)(H,20,22). The van der Waals surface area contributed by atoms with Crippen molar-refractivity contribution in [2.24, 2.45) is 5.73 Å². The summed E-state index contributed by atoms with van der Waals surface area (Å²) in [4.78, 5) is 27.3. The van der Waals surface area contributed by atoms with Gasteiger partial charge in [-0.1, -0.05) is 0 Å². The highest BCUT2D eigenvalue weighted by Crippen LogP contribution is 2.38. The highest BCUT2D eigenvalue weighted by Gasteiger charge is 2.26. The molecule has 0 saturated heterocycles. The van der Waals surface area contributed by atoms with E-state index in [1.54, 1.807) is 11.3 Å². The number of rotatable bonds is 3. The smallest absolute Gasteiger partial charge is 0.257 e. The molecule has 0 saturated carbocycles. The third kappa shape index (κ3) is 2.67. The molecule has 0 spiro atoms. The van der Waals surface area contributed by atoms with Gasteiger partial charge in [0.05, 0.1) is 11.1 Å². The highest BCUT2D eigenvalue weighted by atomic mass is 32.1. The average Bonchev–Trinajstić information content (AvgIpc) is 3.15. The van der Waals surface area contributed by atoms with Crippen molar-refractivity contribution in [2.45, 2.75) is 51.4 Å². The van der Waals surface area contributed by atoms with E-state index in [0.29, 0.717) is 10.6 Å². The van der Waals surface area contributed by atoms with Crippen LogP contribution in [-0.4, -0.2) is 11.8 Å². The summed E-state index contributed by atoms with van der Waals surface area (Å²) in [5.41, 5.74) is 9.17. The van der Waals surface area contributed by atoms with Crippen molar-refractivity contribution in [3.8, 4) is 0 Å². The number of anilines is 1. The Morgan fingerprint density at radius 3 is 2.38 bits per heavy atom. The van der Waals surface area contributed by atoms with Gasteiger partial charge in [-0.2, -0.15) is 0 Å². The van der Waals surface area contributed by atoms with Crippen LogP contribution in [0.25, 0.3) is 0 Å². The number of carbonyl (C=O) groups excluding carboxylic acids is 2. The molecule has 24 heavy (non-hydrogen) atoms. The first-order valence-corrected chi connectivity index (χ1v) is 10.2. The Bertz CT molecular complexity index is 819. The van der Waals surface area contributed by atoms with Crippen LogP contribution in [0.5, 0.6) is 0 Å². The molecule has 4 nitrogen and oxygen atoms in total. The molecule has 2 aromatic heterocycles. The summed E-state index contributed by atoms with van der Waals surface area (Å²) in [6, 6.07) is 0. The molecule has 0 radical (unpaired) electrons.